The van der Waals surface area contributed by atoms with E-state index in [1.54, 1.807) is 5.30 Å². The van der Waals surface area contributed by atoms with E-state index in [0.29, 0.717) is 0 Å². The van der Waals surface area contributed by atoms with Gasteiger partial charge in [0.1, 0.15) is 0 Å². The van der Waals surface area contributed by atoms with Gasteiger partial charge in [0.2, 0.25) is 0 Å². The zero-order chi connectivity index (χ0) is 21.5. The fourth-order valence-corrected chi connectivity index (χ4v) is 7.16. The van der Waals surface area contributed by atoms with Gasteiger partial charge in [-0.3, -0.25) is 0 Å². The Balaban J connectivity index is 0.000000323. The zero-order valence-corrected chi connectivity index (χ0v) is 25.0. The number of hydrogen-bond acceptors (Lipinski definition) is 0. The van der Waals surface area contributed by atoms with Crippen LogP contribution in [0.2, 0.25) is 0 Å². The van der Waals surface area contributed by atoms with Crippen LogP contribution in [0.15, 0.2) is 78.9 Å². The molecule has 176 valence electrons. The van der Waals surface area contributed by atoms with E-state index in [1.165, 1.54) is 71.0 Å². The molecule has 4 aromatic carbocycles. The Morgan fingerprint density at radius 2 is 1.47 bits per heavy atom. The molecule has 0 nitrogen and oxygen atoms in total. The van der Waals surface area contributed by atoms with E-state index in [2.05, 4.69) is 92.7 Å². The van der Waals surface area contributed by atoms with Gasteiger partial charge in [-0.2, -0.15) is 35.9 Å². The van der Waals surface area contributed by atoms with Gasteiger partial charge < -0.3 is 24.8 Å². The molecule has 5 rings (SSSR count). The second-order valence-electron chi connectivity index (χ2n) is 8.43. The van der Waals surface area contributed by atoms with Crippen LogP contribution in [0.1, 0.15) is 50.7 Å². The van der Waals surface area contributed by atoms with Crippen molar-refractivity contribution in [3.05, 3.63) is 96.1 Å². The van der Waals surface area contributed by atoms with Crippen molar-refractivity contribution in [1.29, 1.82) is 0 Å². The SMILES string of the molecule is CCCCP(CCCC)c1cc2ccccc2[cH-]1.[Cl-].[Cl-].[Zr+4].[c-]1cccc2c1Cc1ccccc1-2. The average molecular weight is 587 g/mol. The monoisotopic (exact) mass is 584 g/mol. The normalized spacial score (nSPS) is 10.8. The molecular formula is C30H33Cl2PZr. The quantitative estimate of drug-likeness (QED) is 0.203. The number of hydrogen-bond donors (Lipinski definition) is 0. The Kier molecular flexibility index (Phi) is 14.7. The number of rotatable bonds is 7. The van der Waals surface area contributed by atoms with Crippen LogP contribution >= 0.6 is 7.92 Å². The first-order chi connectivity index (χ1) is 15.3. The van der Waals surface area contributed by atoms with Gasteiger partial charge in [0.25, 0.3) is 0 Å². The maximum atomic E-state index is 3.30. The van der Waals surface area contributed by atoms with Crippen molar-refractivity contribution >= 4 is 24.0 Å². The molecule has 0 amide bonds. The molecule has 0 fully saturated rings. The molecule has 0 N–H and O–H groups in total. The standard InChI is InChI=1S/C17H24P.C13H9.2ClH.Zr/c1-3-5-11-18(12-6-4-2)17-13-15-9-7-8-10-16(15)14-17;1-3-7-12-10(5-1)9-11-6-2-4-8-13(11)12;;;/h7-10,13-14H,3-6,11-12H2,1-2H3;1-5,7-8H,9H2;2*1H;/q2*-1;;;+4/p-2. The Morgan fingerprint density at radius 3 is 2.18 bits per heavy atom. The van der Waals surface area contributed by atoms with Crippen LogP contribution < -0.4 is 30.1 Å². The van der Waals surface area contributed by atoms with Gasteiger partial charge in [-0.05, 0) is 31.6 Å². The summed E-state index contributed by atoms with van der Waals surface area (Å²) in [4.78, 5) is 0. The minimum atomic E-state index is 0. The second kappa shape index (κ2) is 16.0. The van der Waals surface area contributed by atoms with Crippen LogP contribution in [0.5, 0.6) is 0 Å². The third-order valence-corrected chi connectivity index (χ3v) is 8.85. The molecule has 0 aliphatic heterocycles. The topological polar surface area (TPSA) is 0 Å². The van der Waals surface area contributed by atoms with Crippen LogP contribution in [-0.4, -0.2) is 12.3 Å². The number of benzene rings is 3. The van der Waals surface area contributed by atoms with Crippen LogP contribution in [0, 0.1) is 6.07 Å². The van der Waals surface area contributed by atoms with E-state index in [1.807, 2.05) is 6.07 Å². The summed E-state index contributed by atoms with van der Waals surface area (Å²) in [7, 11) is 0.0856. The molecule has 0 heterocycles. The maximum absolute atomic E-state index is 3.30. The van der Waals surface area contributed by atoms with E-state index in [-0.39, 0.29) is 58.9 Å². The summed E-state index contributed by atoms with van der Waals surface area (Å²) < 4.78 is 0. The Labute approximate surface area is 239 Å². The molecule has 1 aliphatic carbocycles. The van der Waals surface area contributed by atoms with Crippen LogP contribution in [-0.2, 0) is 32.6 Å². The average Bonchev–Trinajstić information content (AvgIpc) is 3.41. The number of fused-ring (bicyclic) bond motifs is 4. The zero-order valence-electron chi connectivity index (χ0n) is 20.2. The summed E-state index contributed by atoms with van der Waals surface area (Å²) in [5, 5.41) is 4.48. The maximum Gasteiger partial charge on any atom is 4.00 e. The van der Waals surface area contributed by atoms with Gasteiger partial charge in [-0.15, -0.1) is 45.9 Å². The van der Waals surface area contributed by atoms with E-state index >= 15 is 0 Å². The summed E-state index contributed by atoms with van der Waals surface area (Å²) in [6.45, 7) is 4.60. The summed E-state index contributed by atoms with van der Waals surface area (Å²) in [5.41, 5.74) is 5.51. The first kappa shape index (κ1) is 31.2. The van der Waals surface area contributed by atoms with Gasteiger partial charge in [0, 0.05) is 0 Å². The smallest absolute Gasteiger partial charge is 1.00 e. The molecule has 0 aromatic heterocycles. The number of unbranched alkanes of at least 4 members (excludes halogenated alkanes) is 2. The van der Waals surface area contributed by atoms with Crippen molar-refractivity contribution in [2.45, 2.75) is 46.0 Å². The first-order valence-electron chi connectivity index (χ1n) is 11.8. The Hall–Kier alpha value is -0.837. The predicted octanol–water partition coefficient (Wildman–Crippen LogP) is 2.33. The molecule has 0 spiro atoms. The molecule has 0 saturated heterocycles. The van der Waals surface area contributed by atoms with Crippen molar-refractivity contribution < 1.29 is 51.0 Å². The summed E-state index contributed by atoms with van der Waals surface area (Å²) in [6, 6.07) is 31.8. The second-order valence-corrected chi connectivity index (χ2v) is 10.9. The van der Waals surface area contributed by atoms with E-state index < -0.39 is 0 Å². The molecule has 0 unspecified atom stereocenters. The van der Waals surface area contributed by atoms with E-state index in [4.69, 9.17) is 0 Å². The first-order valence-corrected chi connectivity index (χ1v) is 13.5. The van der Waals surface area contributed by atoms with Crippen molar-refractivity contribution in [1.82, 2.24) is 0 Å². The summed E-state index contributed by atoms with van der Waals surface area (Å²) in [5.74, 6) is 0. The largest absolute Gasteiger partial charge is 4.00 e. The minimum absolute atomic E-state index is 0. The summed E-state index contributed by atoms with van der Waals surface area (Å²) in [6.07, 6.45) is 9.31. The van der Waals surface area contributed by atoms with E-state index in [9.17, 15) is 0 Å². The molecule has 34 heavy (non-hydrogen) atoms. The number of halogens is 2. The molecule has 4 heteroatoms. The third-order valence-electron chi connectivity index (χ3n) is 6.15. The molecule has 0 atom stereocenters. The fraction of sp³-hybridized carbons (Fsp3) is 0.300. The minimum Gasteiger partial charge on any atom is -1.00 e. The van der Waals surface area contributed by atoms with Crippen molar-refractivity contribution in [3.8, 4) is 11.1 Å². The van der Waals surface area contributed by atoms with Crippen molar-refractivity contribution in [2.24, 2.45) is 0 Å². The molecule has 0 bridgehead atoms. The van der Waals surface area contributed by atoms with Gasteiger partial charge in [0.05, 0.1) is 0 Å². The van der Waals surface area contributed by atoms with E-state index in [0.717, 1.165) is 6.42 Å². The molecule has 0 saturated carbocycles. The molecule has 1 aliphatic rings. The van der Waals surface area contributed by atoms with Gasteiger partial charge in [-0.25, -0.2) is 0 Å². The van der Waals surface area contributed by atoms with Crippen molar-refractivity contribution in [2.75, 3.05) is 12.3 Å². The summed E-state index contributed by atoms with van der Waals surface area (Å²) >= 11 is 0. The third kappa shape index (κ3) is 7.83. The Bertz CT molecular complexity index is 1040. The van der Waals surface area contributed by atoms with Crippen LogP contribution in [0.25, 0.3) is 21.9 Å². The van der Waals surface area contributed by atoms with Crippen LogP contribution in [0.4, 0.5) is 0 Å². The van der Waals surface area contributed by atoms with Gasteiger partial charge in [0.15, 0.2) is 0 Å². The fourth-order valence-electron chi connectivity index (χ4n) is 4.38. The van der Waals surface area contributed by atoms with Gasteiger partial charge in [-0.1, -0.05) is 76.1 Å². The molecule has 4 aromatic rings. The predicted molar refractivity (Wildman–Crippen MR) is 139 cm³/mol. The van der Waals surface area contributed by atoms with Crippen LogP contribution in [0.3, 0.4) is 0 Å². The Morgan fingerprint density at radius 1 is 0.824 bits per heavy atom. The molecular weight excluding hydrogens is 553 g/mol. The van der Waals surface area contributed by atoms with Crippen molar-refractivity contribution in [3.63, 3.8) is 0 Å². The molecule has 0 radical (unpaired) electrons. The van der Waals surface area contributed by atoms with Gasteiger partial charge >= 0.3 is 26.2 Å².